The van der Waals surface area contributed by atoms with Gasteiger partial charge in [0, 0.05) is 130 Å². The Bertz CT molecular complexity index is 6660. The lowest BCUT2D eigenvalue weighted by molar-refractivity contribution is -0.138. The molecule has 5 unspecified atom stereocenters. The fourth-order valence-electron chi connectivity index (χ4n) is 14.7. The van der Waals surface area contributed by atoms with Gasteiger partial charge in [-0.1, -0.05) is 60.8 Å². The van der Waals surface area contributed by atoms with Gasteiger partial charge >= 0.3 is 30.4 Å². The highest BCUT2D eigenvalue weighted by Crippen LogP contribution is 2.40. The first-order chi connectivity index (χ1) is 66.2. The second-order valence-electron chi connectivity index (χ2n) is 32.2. The summed E-state index contributed by atoms with van der Waals surface area (Å²) in [6.45, 7) is 16.3. The summed E-state index contributed by atoms with van der Waals surface area (Å²) in [6, 6.07) is 50.0. The number of rotatable bonds is 20. The Balaban J connectivity index is 0.000000167. The monoisotopic (exact) mass is 1960 g/mol. The number of carbonyl (C=O) groups is 7. The molecule has 10 N–H and O–H groups in total. The zero-order valence-corrected chi connectivity index (χ0v) is 79.2. The number of aromatic amines is 2. The number of anilines is 8. The number of piperidine rings is 2. The summed E-state index contributed by atoms with van der Waals surface area (Å²) in [5, 5.41) is 39.7. The van der Waals surface area contributed by atoms with Crippen LogP contribution in [-0.2, 0) is 21.9 Å². The first-order valence-corrected chi connectivity index (χ1v) is 44.3. The van der Waals surface area contributed by atoms with Crippen molar-refractivity contribution in [1.82, 2.24) is 60.3 Å². The number of nitrogens with zero attached hydrogens (tertiary/aromatic N) is 12. The van der Waals surface area contributed by atoms with Crippen molar-refractivity contribution < 1.29 is 74.1 Å². The third-order valence-electron chi connectivity index (χ3n) is 22.0. The Morgan fingerprint density at radius 2 is 0.935 bits per heavy atom. The van der Waals surface area contributed by atoms with Crippen molar-refractivity contribution in [1.29, 1.82) is 10.5 Å². The highest BCUT2D eigenvalue weighted by Gasteiger charge is 2.38. The summed E-state index contributed by atoms with van der Waals surface area (Å²) in [7, 11) is 7.06. The number of hydrogen-bond donors (Lipinski definition) is 10. The van der Waals surface area contributed by atoms with Crippen molar-refractivity contribution >= 4 is 144 Å². The minimum atomic E-state index is -4.64. The van der Waals surface area contributed by atoms with Crippen molar-refractivity contribution in [2.24, 2.45) is 17.8 Å². The van der Waals surface area contributed by atoms with Gasteiger partial charge in [-0.2, -0.15) is 36.9 Å². The van der Waals surface area contributed by atoms with Crippen molar-refractivity contribution in [3.05, 3.63) is 273 Å². The first kappa shape index (κ1) is 104. The lowest BCUT2D eigenvalue weighted by Gasteiger charge is -2.42. The lowest BCUT2D eigenvalue weighted by Crippen LogP contribution is -2.53. The van der Waals surface area contributed by atoms with Crippen LogP contribution >= 0.6 is 34.8 Å². The third kappa shape index (κ3) is 28.9. The zero-order valence-electron chi connectivity index (χ0n) is 76.9. The van der Waals surface area contributed by atoms with Gasteiger partial charge in [-0.25, -0.2) is 34.3 Å². The second-order valence-corrected chi connectivity index (χ2v) is 33.4. The molecule has 0 spiro atoms. The Hall–Kier alpha value is -15.8. The molecule has 0 radical (unpaired) electrons. The number of benzene rings is 7. The molecule has 41 heteroatoms. The van der Waals surface area contributed by atoms with E-state index in [2.05, 4.69) is 106 Å². The summed E-state index contributed by atoms with van der Waals surface area (Å²) in [5.74, 6) is 4.35. The number of ether oxygens (including phenoxy) is 3. The molecule has 2 aliphatic rings. The molecule has 6 aromatic heterocycles. The maximum atomic E-state index is 13.0. The van der Waals surface area contributed by atoms with E-state index in [0.29, 0.717) is 106 Å². The van der Waals surface area contributed by atoms with Crippen LogP contribution in [0, 0.1) is 68.1 Å². The number of alkyl halides is 6. The second kappa shape index (κ2) is 47.6. The summed E-state index contributed by atoms with van der Waals surface area (Å²) >= 11 is 17.1. The largest absolute Gasteiger partial charge is 0.457 e. The zero-order chi connectivity index (χ0) is 101. The summed E-state index contributed by atoms with van der Waals surface area (Å²) in [4.78, 5) is 124. The van der Waals surface area contributed by atoms with Crippen LogP contribution in [0.3, 0.4) is 0 Å². The topological polar surface area (TPSA) is 413 Å². The number of pyridine rings is 2. The smallest absolute Gasteiger partial charge is 0.417 e. The number of aryl methyl sites for hydroxylation is 4. The van der Waals surface area contributed by atoms with Crippen LogP contribution in [0.25, 0.3) is 22.1 Å². The molecule has 0 saturated carbocycles. The Kier molecular flexibility index (Phi) is 35.5. The molecule has 0 aliphatic carbocycles. The molecule has 722 valence electrons. The van der Waals surface area contributed by atoms with Gasteiger partial charge in [0.15, 0.2) is 0 Å². The number of amides is 10. The number of aromatic nitrogens is 8. The molecule has 0 bridgehead atoms. The molecule has 5 atom stereocenters. The maximum absolute atomic E-state index is 13.0. The average Bonchev–Trinajstić information content (AvgIpc) is 1.26. The van der Waals surface area contributed by atoms with Crippen LogP contribution in [0.4, 0.5) is 86.5 Å². The molecule has 2 saturated heterocycles. The van der Waals surface area contributed by atoms with Gasteiger partial charge in [0.05, 0.1) is 56.2 Å². The van der Waals surface area contributed by atoms with Crippen LogP contribution in [-0.4, -0.2) is 158 Å². The molecular weight excluding hydrogens is 1870 g/mol. The molecule has 13 aromatic rings. The fourth-order valence-corrected chi connectivity index (χ4v) is 15.2. The van der Waals surface area contributed by atoms with Gasteiger partial charge in [0.25, 0.3) is 11.8 Å². The molecule has 7 aromatic carbocycles. The summed E-state index contributed by atoms with van der Waals surface area (Å²) in [6.07, 6.45) is 0.439. The number of nitriles is 2. The van der Waals surface area contributed by atoms with Crippen LogP contribution < -0.4 is 66.5 Å². The lowest BCUT2D eigenvalue weighted by atomic mass is 9.91. The maximum Gasteiger partial charge on any atom is 0.417 e. The normalized spacial score (nSPS) is 14.5. The summed E-state index contributed by atoms with van der Waals surface area (Å²) in [5.41, 5.74) is 5.66. The number of H-pyrrole nitrogens is 2. The van der Waals surface area contributed by atoms with Crippen LogP contribution in [0.2, 0.25) is 15.1 Å². The standard InChI is InChI=1S/C22H18ClF3N4O3.C21H16ClF3N2O2.C21H19ClN4O3.2C17H22N6O/c1-12-9-13(4-6-19(12)33-15-7-8-28-18(11-15)20(31)27-2)29-21(32)30-14-3-5-17(23)16(10-14)22(24,25)26;1-13-3-2-4-17(11-13)29-16-8-5-14(6-9-16)26-20(28)27-15-7-10-19(22)18(12-15)21(23,24)25;1-13-11-15(5-8-18(13)22)26-21(28)25-14-3-6-16(7-4-14)29-17-9-10-24-19(12-17)20(27)23-2;1-11-5-7-23(15(24)4-6-18)9-14(11)22(3)17-13-8-12(2)21-16(13)19-10-20-17;1-11-5-7-23(17(24)12(2)8-18)9-14(11)22(3)16-13-4-6-19-15(13)20-10-21-16/h3-11H,1-2H3,(H,27,31)(H2,29,30,32);2-12H,1H3,(H2,26,27,28);3-12H,1-2H3,(H,23,27)(H2,25,26,28);8,10-11,14H,4-5,7,9H2,1-3H3,(H,19,20,21);4,6,10-12,14H,5,7,9H2,1-3H3,(H,19,20,21). The number of hydrogen-bond acceptors (Lipinski definition) is 20. The Morgan fingerprint density at radius 1 is 0.496 bits per heavy atom. The van der Waals surface area contributed by atoms with Crippen molar-refractivity contribution in [2.45, 2.75) is 92.2 Å². The highest BCUT2D eigenvalue weighted by atomic mass is 35.5. The number of halogens is 9. The number of urea groups is 3. The molecule has 2 aliphatic heterocycles. The fraction of sp³-hybridized carbons (Fsp3) is 0.255. The molecule has 8 heterocycles. The number of fused-ring (bicyclic) bond motifs is 2. The molecule has 2 fully saturated rings. The molecule has 10 amide bonds. The number of likely N-dealkylation sites (tertiary alicyclic amines) is 2. The predicted molar refractivity (Wildman–Crippen MR) is 520 cm³/mol. The Morgan fingerprint density at radius 3 is 1.41 bits per heavy atom. The van der Waals surface area contributed by atoms with Crippen molar-refractivity contribution in [2.75, 3.05) is 96.1 Å². The molecule has 32 nitrogen and oxygen atoms in total. The van der Waals surface area contributed by atoms with E-state index in [4.69, 9.17) is 59.5 Å². The minimum absolute atomic E-state index is 0.0291. The predicted octanol–water partition coefficient (Wildman–Crippen LogP) is 21.4. The van der Waals surface area contributed by atoms with Crippen LogP contribution in [0.15, 0.2) is 213 Å². The Labute approximate surface area is 810 Å². The van der Waals surface area contributed by atoms with Gasteiger partial charge in [0.1, 0.15) is 93.8 Å². The van der Waals surface area contributed by atoms with E-state index in [9.17, 15) is 59.9 Å². The van der Waals surface area contributed by atoms with Crippen LogP contribution in [0.5, 0.6) is 34.5 Å². The number of nitrogens with one attached hydrogen (secondary N) is 10. The quantitative estimate of drug-likeness (QED) is 0.0317. The highest BCUT2D eigenvalue weighted by molar-refractivity contribution is 6.32. The SMILES string of the molecule is CC(C#N)C(=O)N1CCC(C)C(N(C)c2ncnc3[nH]ccc23)C1.CNC(=O)c1cc(Oc2ccc(NC(=O)Nc3ccc(Cl)c(C(F)(F)F)c3)cc2C)ccn1.CNC(=O)c1cc(Oc2ccc(NC(=O)Nc3ccc(Cl)c(C)c3)cc2)ccn1.Cc1cc2c(N(C)C3CN(C(=O)CC#N)CCC3C)ncnc2[nH]1.Cc1cccc(Oc2ccc(NC(=O)Nc3ccc(Cl)c(C(F)(F)F)c3)cc2)c1. The van der Waals surface area contributed by atoms with E-state index in [0.717, 1.165) is 87.6 Å². The van der Waals surface area contributed by atoms with E-state index in [1.165, 1.54) is 44.7 Å². The van der Waals surface area contributed by atoms with Crippen molar-refractivity contribution in [3.8, 4) is 46.6 Å². The van der Waals surface area contributed by atoms with E-state index in [1.807, 2.05) is 94.5 Å². The van der Waals surface area contributed by atoms with Gasteiger partial charge in [0.2, 0.25) is 11.8 Å². The average molecular weight is 1960 g/mol. The van der Waals surface area contributed by atoms with Crippen LogP contribution in [0.1, 0.15) is 94.5 Å². The van der Waals surface area contributed by atoms with Gasteiger partial charge in [-0.3, -0.25) is 29.1 Å². The first-order valence-electron chi connectivity index (χ1n) is 43.1. The molecule has 139 heavy (non-hydrogen) atoms. The minimum Gasteiger partial charge on any atom is -0.457 e. The number of likely N-dealkylation sites (N-methyl/N-ethyl adjacent to an activating group) is 2. The third-order valence-corrected chi connectivity index (χ3v) is 23.1. The van der Waals surface area contributed by atoms with E-state index >= 15 is 0 Å². The van der Waals surface area contributed by atoms with Gasteiger partial charge in [-0.05, 0) is 234 Å². The molecule has 15 rings (SSSR count). The van der Waals surface area contributed by atoms with Gasteiger partial charge in [-0.15, -0.1) is 0 Å². The van der Waals surface area contributed by atoms with E-state index < -0.39 is 51.5 Å². The van der Waals surface area contributed by atoms with E-state index in [1.54, 1.807) is 135 Å². The summed E-state index contributed by atoms with van der Waals surface area (Å²) < 4.78 is 94.9. The van der Waals surface area contributed by atoms with E-state index in [-0.39, 0.29) is 70.9 Å². The number of carbonyl (C=O) groups excluding carboxylic acids is 7. The molecular formula is C98H97Cl3F6N22O10. The van der Waals surface area contributed by atoms with Gasteiger partial charge < -0.3 is 86.3 Å². The van der Waals surface area contributed by atoms with Crippen molar-refractivity contribution in [3.63, 3.8) is 0 Å².